The lowest BCUT2D eigenvalue weighted by atomic mass is 9.34. The number of anilines is 2. The Morgan fingerprint density at radius 3 is 2.39 bits per heavy atom. The molecule has 2 aliphatic heterocycles. The lowest BCUT2D eigenvalue weighted by Gasteiger charge is -2.68. The maximum absolute atomic E-state index is 14.9. The number of aromatic nitrogens is 2. The average Bonchev–Trinajstić information content (AvgIpc) is 3.16. The van der Waals surface area contributed by atoms with E-state index in [4.69, 9.17) is 4.42 Å². The van der Waals surface area contributed by atoms with Crippen LogP contribution in [-0.4, -0.2) is 46.8 Å². The Labute approximate surface area is 201 Å². The highest BCUT2D eigenvalue weighted by atomic mass is 19.4. The van der Waals surface area contributed by atoms with Gasteiger partial charge in [-0.15, -0.1) is 5.10 Å². The zero-order valence-electron chi connectivity index (χ0n) is 19.1. The zero-order valence-corrected chi connectivity index (χ0v) is 19.1. The molecular formula is C23H22F5N5O3. The molecule has 3 aliphatic carbocycles. The summed E-state index contributed by atoms with van der Waals surface area (Å²) in [7, 11) is 0. The summed E-state index contributed by atoms with van der Waals surface area (Å²) < 4.78 is 74.6. The van der Waals surface area contributed by atoms with Crippen LogP contribution in [0.15, 0.2) is 16.5 Å². The third-order valence-electron chi connectivity index (χ3n) is 8.27. The molecular weight excluding hydrogens is 489 g/mol. The van der Waals surface area contributed by atoms with Crippen molar-refractivity contribution >= 4 is 23.5 Å². The largest absolute Gasteiger partial charge is 0.408 e. The Kier molecular flexibility index (Phi) is 4.75. The second-order valence-electron chi connectivity index (χ2n) is 10.5. The van der Waals surface area contributed by atoms with Crippen LogP contribution in [0.2, 0.25) is 0 Å². The fourth-order valence-electron chi connectivity index (χ4n) is 6.13. The molecule has 5 fully saturated rings. The van der Waals surface area contributed by atoms with Crippen LogP contribution in [0.25, 0.3) is 0 Å². The summed E-state index contributed by atoms with van der Waals surface area (Å²) in [5.41, 5.74) is -2.37. The Morgan fingerprint density at radius 1 is 1.14 bits per heavy atom. The topological polar surface area (TPSA) is 100 Å². The first kappa shape index (κ1) is 23.2. The summed E-state index contributed by atoms with van der Waals surface area (Å²) in [5.74, 6) is -3.78. The van der Waals surface area contributed by atoms with Crippen molar-refractivity contribution in [2.24, 2.45) is 5.41 Å². The minimum Gasteiger partial charge on any atom is -0.408 e. The maximum atomic E-state index is 14.9. The Bertz CT molecular complexity index is 1230. The van der Waals surface area contributed by atoms with E-state index in [1.54, 1.807) is 4.90 Å². The van der Waals surface area contributed by atoms with Gasteiger partial charge in [-0.3, -0.25) is 14.9 Å². The fraction of sp³-hybridized carbons (Fsp3) is 0.565. The Hall–Kier alpha value is -3.25. The van der Waals surface area contributed by atoms with Gasteiger partial charge in [0.25, 0.3) is 0 Å². The van der Waals surface area contributed by atoms with Gasteiger partial charge in [0.2, 0.25) is 17.7 Å². The van der Waals surface area contributed by atoms with Gasteiger partial charge in [-0.05, 0) is 44.7 Å². The molecule has 2 saturated heterocycles. The predicted molar refractivity (Wildman–Crippen MR) is 114 cm³/mol. The molecule has 2 amide bonds. The van der Waals surface area contributed by atoms with E-state index in [1.807, 2.05) is 6.92 Å². The molecule has 36 heavy (non-hydrogen) atoms. The first-order valence-corrected chi connectivity index (χ1v) is 11.7. The molecule has 3 heterocycles. The average molecular weight is 511 g/mol. The van der Waals surface area contributed by atoms with E-state index in [-0.39, 0.29) is 61.7 Å². The number of rotatable bonds is 5. The van der Waals surface area contributed by atoms with Gasteiger partial charge in [0.1, 0.15) is 11.6 Å². The quantitative estimate of drug-likeness (QED) is 0.468. The van der Waals surface area contributed by atoms with Crippen molar-refractivity contribution in [3.8, 4) is 0 Å². The molecule has 192 valence electrons. The van der Waals surface area contributed by atoms with Gasteiger partial charge in [0.15, 0.2) is 0 Å². The van der Waals surface area contributed by atoms with E-state index in [0.717, 1.165) is 0 Å². The number of hydrogen-bond donors (Lipinski definition) is 2. The van der Waals surface area contributed by atoms with E-state index in [9.17, 15) is 31.5 Å². The van der Waals surface area contributed by atoms with Crippen molar-refractivity contribution in [1.82, 2.24) is 15.5 Å². The number of benzene rings is 1. The molecule has 0 spiro atoms. The molecule has 1 aromatic heterocycles. The molecule has 2 aromatic rings. The molecule has 7 rings (SSSR count). The normalized spacial score (nSPS) is 33.4. The molecule has 1 aromatic carbocycles. The first-order chi connectivity index (χ1) is 16.9. The van der Waals surface area contributed by atoms with Gasteiger partial charge in [-0.25, -0.2) is 8.78 Å². The summed E-state index contributed by atoms with van der Waals surface area (Å²) in [6.45, 7) is 2.19. The van der Waals surface area contributed by atoms with Crippen molar-refractivity contribution in [2.45, 2.75) is 68.6 Å². The van der Waals surface area contributed by atoms with Crippen LogP contribution in [0.3, 0.4) is 0 Å². The zero-order chi connectivity index (χ0) is 25.6. The third kappa shape index (κ3) is 3.23. The van der Waals surface area contributed by atoms with Crippen molar-refractivity contribution in [3.63, 3.8) is 0 Å². The highest BCUT2D eigenvalue weighted by Crippen LogP contribution is 2.78. The number of carbonyl (C=O) groups excluding carboxylic acids is 2. The number of hydrogen-bond acceptors (Lipinski definition) is 7. The number of piperidine rings is 1. The second-order valence-corrected chi connectivity index (χ2v) is 10.5. The Morgan fingerprint density at radius 2 is 1.81 bits per heavy atom. The minimum absolute atomic E-state index is 0.00918. The summed E-state index contributed by atoms with van der Waals surface area (Å²) in [4.78, 5) is 25.2. The maximum Gasteiger partial charge on any atom is 0.394 e. The Balaban J connectivity index is 1.10. The number of nitrogens with zero attached hydrogens (tertiary/aromatic N) is 3. The molecule has 13 heteroatoms. The van der Waals surface area contributed by atoms with Gasteiger partial charge in [-0.2, -0.15) is 13.2 Å². The van der Waals surface area contributed by atoms with Crippen molar-refractivity contribution in [2.75, 3.05) is 16.8 Å². The molecule has 8 nitrogen and oxygen atoms in total. The van der Waals surface area contributed by atoms with Crippen molar-refractivity contribution in [3.05, 3.63) is 35.2 Å². The van der Waals surface area contributed by atoms with E-state index in [0.29, 0.717) is 12.2 Å². The summed E-state index contributed by atoms with van der Waals surface area (Å²) in [6.07, 6.45) is -4.29. The van der Waals surface area contributed by atoms with E-state index in [1.165, 1.54) is 12.1 Å². The number of nitrogens with one attached hydrogen (secondary N) is 2. The first-order valence-electron chi connectivity index (χ1n) is 11.7. The molecule has 0 unspecified atom stereocenters. The van der Waals surface area contributed by atoms with Gasteiger partial charge < -0.3 is 14.6 Å². The second kappa shape index (κ2) is 7.39. The number of amides is 2. The van der Waals surface area contributed by atoms with Gasteiger partial charge >= 0.3 is 12.2 Å². The van der Waals surface area contributed by atoms with Crippen LogP contribution in [0.1, 0.15) is 56.4 Å². The lowest BCUT2D eigenvalue weighted by molar-refractivity contribution is -0.340. The lowest BCUT2D eigenvalue weighted by Crippen LogP contribution is -2.70. The van der Waals surface area contributed by atoms with Gasteiger partial charge in [0.05, 0.1) is 22.8 Å². The summed E-state index contributed by atoms with van der Waals surface area (Å²) in [5, 5.41) is 13.0. The van der Waals surface area contributed by atoms with E-state index < -0.39 is 46.4 Å². The van der Waals surface area contributed by atoms with Gasteiger partial charge in [0, 0.05) is 30.3 Å². The van der Waals surface area contributed by atoms with Crippen LogP contribution < -0.4 is 15.5 Å². The standard InChI is InChI=1S/C23H22F5N5O3/c1-10-15(29-20-32-31-19(36-20)21-7-22(8-21,9-21)23(26,27)28)6-33(10)11-4-13(24)17(14(25)5-11)12-2-3-16(34)30-18(12)35/h4-5,10,12,15H,2-3,6-9H2,1H3,(H,29,32)(H,30,34,35)/t10-,12-,15+,21?,22?/m1/s1. The molecule has 0 radical (unpaired) electrons. The highest BCUT2D eigenvalue weighted by Gasteiger charge is 2.80. The number of imide groups is 1. The smallest absolute Gasteiger partial charge is 0.394 e. The monoisotopic (exact) mass is 511 g/mol. The van der Waals surface area contributed by atoms with Crippen LogP contribution in [0, 0.1) is 17.0 Å². The molecule has 2 bridgehead atoms. The summed E-state index contributed by atoms with van der Waals surface area (Å²) in [6, 6.07) is 2.01. The SMILES string of the molecule is C[C@@H]1[C@@H](Nc2nnc(C34CC(C(F)(F)F)(C3)C4)o2)CN1c1cc(F)c([C@H]2CCC(=O)NC2=O)c(F)c1. The van der Waals surface area contributed by atoms with Crippen molar-refractivity contribution in [1.29, 1.82) is 0 Å². The third-order valence-corrected chi connectivity index (χ3v) is 8.27. The number of alkyl halides is 3. The highest BCUT2D eigenvalue weighted by molar-refractivity contribution is 6.01. The minimum atomic E-state index is -4.22. The fourth-order valence-corrected chi connectivity index (χ4v) is 6.13. The van der Waals surface area contributed by atoms with Crippen molar-refractivity contribution < 1.29 is 36.0 Å². The van der Waals surface area contributed by atoms with E-state index in [2.05, 4.69) is 20.8 Å². The molecule has 3 atom stereocenters. The molecule has 5 aliphatic rings. The van der Waals surface area contributed by atoms with Crippen LogP contribution in [0.4, 0.5) is 33.7 Å². The number of halogens is 5. The van der Waals surface area contributed by atoms with E-state index >= 15 is 0 Å². The van der Waals surface area contributed by atoms with Crippen LogP contribution in [0.5, 0.6) is 0 Å². The van der Waals surface area contributed by atoms with Crippen LogP contribution >= 0.6 is 0 Å². The molecule has 3 saturated carbocycles. The summed E-state index contributed by atoms with van der Waals surface area (Å²) >= 11 is 0. The van der Waals surface area contributed by atoms with Gasteiger partial charge in [-0.1, -0.05) is 5.10 Å². The molecule has 2 N–H and O–H groups in total. The van der Waals surface area contributed by atoms with Crippen LogP contribution in [-0.2, 0) is 15.0 Å². The predicted octanol–water partition coefficient (Wildman–Crippen LogP) is 3.54. The number of carbonyl (C=O) groups is 2.